The van der Waals surface area contributed by atoms with Crippen LogP contribution in [0.2, 0.25) is 0 Å². The fraction of sp³-hybridized carbons (Fsp3) is 0.625. The summed E-state index contributed by atoms with van der Waals surface area (Å²) in [5, 5.41) is 0. The monoisotopic (exact) mass is 381 g/mol. The van der Waals surface area contributed by atoms with Crippen molar-refractivity contribution in [1.82, 2.24) is 19.8 Å². The molecule has 0 aromatic carbocycles. The number of hydrogen-bond donors (Lipinski definition) is 0. The van der Waals surface area contributed by atoms with Crippen LogP contribution in [-0.4, -0.2) is 90.8 Å². The molecule has 2 aliphatic rings. The van der Waals surface area contributed by atoms with Gasteiger partial charge in [-0.2, -0.15) is 0 Å². The Morgan fingerprint density at radius 1 is 1.12 bits per heavy atom. The van der Waals surface area contributed by atoms with Gasteiger partial charge in [0.05, 0.1) is 17.1 Å². The number of nitrogens with zero attached hydrogens (tertiary/aromatic N) is 5. The van der Waals surface area contributed by atoms with Crippen molar-refractivity contribution in [2.75, 3.05) is 49.6 Å². The Kier molecular flexibility index (Phi) is 5.12. The van der Waals surface area contributed by atoms with Crippen LogP contribution in [0.15, 0.2) is 12.4 Å². The van der Waals surface area contributed by atoms with Gasteiger partial charge >= 0.3 is 0 Å². The lowest BCUT2D eigenvalue weighted by atomic mass is 10.2. The van der Waals surface area contributed by atoms with Crippen molar-refractivity contribution in [2.24, 2.45) is 0 Å². The Morgan fingerprint density at radius 2 is 1.69 bits per heavy atom. The Balaban J connectivity index is 1.62. The van der Waals surface area contributed by atoms with E-state index >= 15 is 0 Å². The first kappa shape index (κ1) is 18.6. The van der Waals surface area contributed by atoms with E-state index in [-0.39, 0.29) is 29.4 Å². The average molecular weight is 381 g/mol. The zero-order valence-corrected chi connectivity index (χ0v) is 15.8. The molecule has 0 aliphatic carbocycles. The zero-order chi connectivity index (χ0) is 18.9. The van der Waals surface area contributed by atoms with Crippen LogP contribution in [0.3, 0.4) is 0 Å². The van der Waals surface area contributed by atoms with Gasteiger partial charge in [-0.1, -0.05) is 0 Å². The van der Waals surface area contributed by atoms with E-state index in [1.165, 1.54) is 19.3 Å². The molecule has 26 heavy (non-hydrogen) atoms. The topological polar surface area (TPSA) is 104 Å². The smallest absolute Gasteiger partial charge is 0.257 e. The fourth-order valence-corrected chi connectivity index (χ4v) is 5.04. The highest BCUT2D eigenvalue weighted by Crippen LogP contribution is 2.20. The van der Waals surface area contributed by atoms with Crippen LogP contribution < -0.4 is 4.90 Å². The summed E-state index contributed by atoms with van der Waals surface area (Å²) >= 11 is 0. The van der Waals surface area contributed by atoms with E-state index in [0.29, 0.717) is 44.1 Å². The van der Waals surface area contributed by atoms with Crippen molar-refractivity contribution in [3.05, 3.63) is 18.0 Å². The van der Waals surface area contributed by atoms with E-state index in [9.17, 15) is 18.0 Å². The van der Waals surface area contributed by atoms with Gasteiger partial charge in [-0.25, -0.2) is 18.4 Å². The largest absolute Gasteiger partial charge is 0.340 e. The van der Waals surface area contributed by atoms with E-state index in [0.717, 1.165) is 0 Å². The van der Waals surface area contributed by atoms with Gasteiger partial charge < -0.3 is 14.7 Å². The normalized spacial score (nSPS) is 22.3. The second-order valence-electron chi connectivity index (χ2n) is 6.74. The van der Waals surface area contributed by atoms with E-state index in [1.807, 2.05) is 0 Å². The summed E-state index contributed by atoms with van der Waals surface area (Å²) in [6.07, 6.45) is 3.51. The van der Waals surface area contributed by atoms with Gasteiger partial charge in [0.2, 0.25) is 11.9 Å². The number of anilines is 1. The van der Waals surface area contributed by atoms with Crippen LogP contribution >= 0.6 is 0 Å². The molecule has 9 nitrogen and oxygen atoms in total. The third kappa shape index (κ3) is 3.95. The molecule has 3 heterocycles. The summed E-state index contributed by atoms with van der Waals surface area (Å²) in [4.78, 5) is 37.5. The molecule has 2 saturated heterocycles. The molecule has 0 bridgehead atoms. The van der Waals surface area contributed by atoms with Crippen molar-refractivity contribution in [2.45, 2.75) is 19.4 Å². The lowest BCUT2D eigenvalue weighted by Crippen LogP contribution is -2.50. The second-order valence-corrected chi connectivity index (χ2v) is 8.97. The maximum absolute atomic E-state index is 12.5. The Morgan fingerprint density at radius 3 is 2.19 bits per heavy atom. The quantitative estimate of drug-likeness (QED) is 0.689. The van der Waals surface area contributed by atoms with Gasteiger partial charge in [0, 0.05) is 58.6 Å². The van der Waals surface area contributed by atoms with Gasteiger partial charge in [-0.05, 0) is 6.42 Å². The van der Waals surface area contributed by atoms with Crippen LogP contribution in [0.4, 0.5) is 5.95 Å². The summed E-state index contributed by atoms with van der Waals surface area (Å²) in [5.74, 6) is 0.552. The van der Waals surface area contributed by atoms with E-state index < -0.39 is 9.84 Å². The van der Waals surface area contributed by atoms with Gasteiger partial charge in [0.25, 0.3) is 5.91 Å². The predicted octanol–water partition coefficient (Wildman–Crippen LogP) is -0.596. The standard InChI is InChI=1S/C16H23N5O4S/c1-12(22)20-4-6-21(7-5-20)15(23)13-9-17-16(18-10-13)19(2)14-3-8-26(24,25)11-14/h9-10,14H,3-8,11H2,1-2H3. The third-order valence-electron chi connectivity index (χ3n) is 4.97. The number of sulfone groups is 1. The SMILES string of the molecule is CC(=O)N1CCN(C(=O)c2cnc(N(C)C3CCS(=O)(=O)C3)nc2)CC1. The summed E-state index contributed by atoms with van der Waals surface area (Å²) < 4.78 is 23.2. The molecule has 142 valence electrons. The molecule has 0 N–H and O–H groups in total. The molecule has 1 aromatic heterocycles. The molecule has 2 amide bonds. The first-order chi connectivity index (χ1) is 12.3. The first-order valence-corrected chi connectivity index (χ1v) is 10.4. The maximum Gasteiger partial charge on any atom is 0.257 e. The van der Waals surface area contributed by atoms with Crippen LogP contribution in [0.1, 0.15) is 23.7 Å². The molecule has 1 aromatic rings. The zero-order valence-electron chi connectivity index (χ0n) is 15.0. The highest BCUT2D eigenvalue weighted by atomic mass is 32.2. The Bertz CT molecular complexity index is 787. The molecule has 1 atom stereocenters. The summed E-state index contributed by atoms with van der Waals surface area (Å²) in [7, 11) is -1.21. The number of carbonyl (C=O) groups excluding carboxylic acids is 2. The molecule has 10 heteroatoms. The molecule has 0 spiro atoms. The Hall–Kier alpha value is -2.23. The summed E-state index contributed by atoms with van der Waals surface area (Å²) in [6, 6.07) is -0.138. The molecular weight excluding hydrogens is 358 g/mol. The van der Waals surface area contributed by atoms with Gasteiger partial charge in [-0.3, -0.25) is 9.59 Å². The lowest BCUT2D eigenvalue weighted by molar-refractivity contribution is -0.130. The minimum atomic E-state index is -2.98. The number of aromatic nitrogens is 2. The highest BCUT2D eigenvalue weighted by Gasteiger charge is 2.32. The number of carbonyl (C=O) groups is 2. The highest BCUT2D eigenvalue weighted by molar-refractivity contribution is 7.91. The predicted molar refractivity (Wildman–Crippen MR) is 95.7 cm³/mol. The second kappa shape index (κ2) is 7.18. The van der Waals surface area contributed by atoms with E-state index in [4.69, 9.17) is 0 Å². The van der Waals surface area contributed by atoms with Crippen LogP contribution in [0.5, 0.6) is 0 Å². The number of piperazine rings is 1. The fourth-order valence-electron chi connectivity index (χ4n) is 3.26. The minimum Gasteiger partial charge on any atom is -0.340 e. The molecular formula is C16H23N5O4S. The number of amides is 2. The van der Waals surface area contributed by atoms with E-state index in [1.54, 1.807) is 21.7 Å². The molecule has 0 radical (unpaired) electrons. The van der Waals surface area contributed by atoms with E-state index in [2.05, 4.69) is 9.97 Å². The van der Waals surface area contributed by atoms with Gasteiger partial charge in [0.15, 0.2) is 9.84 Å². The number of hydrogen-bond acceptors (Lipinski definition) is 7. The van der Waals surface area contributed by atoms with Crippen LogP contribution in [0, 0.1) is 0 Å². The minimum absolute atomic E-state index is 0.0155. The summed E-state index contributed by atoms with van der Waals surface area (Å²) in [5.41, 5.74) is 0.387. The molecule has 0 saturated carbocycles. The van der Waals surface area contributed by atoms with Gasteiger partial charge in [0.1, 0.15) is 0 Å². The van der Waals surface area contributed by atoms with Gasteiger partial charge in [-0.15, -0.1) is 0 Å². The van der Waals surface area contributed by atoms with Crippen LogP contribution in [0.25, 0.3) is 0 Å². The van der Waals surface area contributed by atoms with Crippen molar-refractivity contribution < 1.29 is 18.0 Å². The lowest BCUT2D eigenvalue weighted by Gasteiger charge is -2.34. The van der Waals surface area contributed by atoms with Crippen LogP contribution in [-0.2, 0) is 14.6 Å². The molecule has 2 aliphatic heterocycles. The molecule has 2 fully saturated rings. The van der Waals surface area contributed by atoms with Crippen molar-refractivity contribution in [3.63, 3.8) is 0 Å². The maximum atomic E-state index is 12.5. The summed E-state index contributed by atoms with van der Waals surface area (Å²) in [6.45, 7) is 3.55. The molecule has 1 unspecified atom stereocenters. The first-order valence-electron chi connectivity index (χ1n) is 8.57. The van der Waals surface area contributed by atoms with Crippen molar-refractivity contribution in [1.29, 1.82) is 0 Å². The Labute approximate surface area is 152 Å². The van der Waals surface area contributed by atoms with Crippen molar-refractivity contribution >= 4 is 27.6 Å². The number of rotatable bonds is 3. The van der Waals surface area contributed by atoms with Crippen molar-refractivity contribution in [3.8, 4) is 0 Å². The molecule has 3 rings (SSSR count). The third-order valence-corrected chi connectivity index (χ3v) is 6.72. The average Bonchev–Trinajstić information content (AvgIpc) is 3.00.